The van der Waals surface area contributed by atoms with Crippen LogP contribution in [0.15, 0.2) is 18.2 Å². The number of hydrogen-bond donors (Lipinski definition) is 1. The van der Waals surface area contributed by atoms with Crippen molar-refractivity contribution < 1.29 is 4.79 Å². The van der Waals surface area contributed by atoms with Crippen LogP contribution in [0.1, 0.15) is 39.4 Å². The maximum atomic E-state index is 11.2. The molecule has 0 unspecified atom stereocenters. The highest BCUT2D eigenvalue weighted by atomic mass is 16.1. The molecule has 3 heterocycles. The summed E-state index contributed by atoms with van der Waals surface area (Å²) in [5, 5.41) is 11.3. The molecule has 2 aromatic heterocycles. The fourth-order valence-corrected chi connectivity index (χ4v) is 2.88. The number of hydrogen-bond acceptors (Lipinski definition) is 4. The summed E-state index contributed by atoms with van der Waals surface area (Å²) in [6.45, 7) is 5.86. The Morgan fingerprint density at radius 1 is 1.33 bits per heavy atom. The zero-order valence-corrected chi connectivity index (χ0v) is 12.6. The van der Waals surface area contributed by atoms with E-state index in [1.807, 2.05) is 12.1 Å². The smallest absolute Gasteiger partial charge is 0.222 e. The van der Waals surface area contributed by atoms with Crippen molar-refractivity contribution in [1.82, 2.24) is 19.7 Å². The van der Waals surface area contributed by atoms with Crippen LogP contribution in [-0.2, 0) is 16.8 Å². The van der Waals surface area contributed by atoms with Gasteiger partial charge in [-0.15, -0.1) is 10.2 Å². The summed E-state index contributed by atoms with van der Waals surface area (Å²) >= 11 is 0. The van der Waals surface area contributed by atoms with E-state index in [0.29, 0.717) is 5.82 Å². The molecule has 0 atom stereocenters. The Labute approximate surface area is 123 Å². The largest absolute Gasteiger partial charge is 0.311 e. The third-order valence-corrected chi connectivity index (χ3v) is 3.81. The normalized spacial score (nSPS) is 16.3. The van der Waals surface area contributed by atoms with Crippen molar-refractivity contribution in [3.05, 3.63) is 24.0 Å². The highest BCUT2D eigenvalue weighted by Crippen LogP contribution is 2.33. The number of carbonyl (C=O) groups is 1. The molecule has 0 aliphatic carbocycles. The SMILES string of the molecule is CC(=O)Nc1cccc(-c2nnc3n2C(C)(C)CCC3)n1. The number of nitrogens with zero attached hydrogens (tertiary/aromatic N) is 4. The van der Waals surface area contributed by atoms with Crippen molar-refractivity contribution in [2.75, 3.05) is 5.32 Å². The van der Waals surface area contributed by atoms with E-state index >= 15 is 0 Å². The molecule has 0 radical (unpaired) electrons. The number of amides is 1. The van der Waals surface area contributed by atoms with Crippen molar-refractivity contribution in [2.24, 2.45) is 0 Å². The minimum absolute atomic E-state index is 0.0158. The number of fused-ring (bicyclic) bond motifs is 1. The molecular formula is C15H19N5O. The summed E-state index contributed by atoms with van der Waals surface area (Å²) in [6.07, 6.45) is 3.17. The van der Waals surface area contributed by atoms with E-state index < -0.39 is 0 Å². The van der Waals surface area contributed by atoms with Crippen molar-refractivity contribution in [1.29, 1.82) is 0 Å². The second kappa shape index (κ2) is 4.95. The van der Waals surface area contributed by atoms with Crippen molar-refractivity contribution >= 4 is 11.7 Å². The van der Waals surface area contributed by atoms with E-state index in [2.05, 4.69) is 38.9 Å². The Balaban J connectivity index is 2.06. The van der Waals surface area contributed by atoms with Gasteiger partial charge in [0.15, 0.2) is 5.82 Å². The van der Waals surface area contributed by atoms with E-state index in [1.54, 1.807) is 6.07 Å². The van der Waals surface area contributed by atoms with Crippen LogP contribution in [0.2, 0.25) is 0 Å². The third kappa shape index (κ3) is 2.53. The minimum atomic E-state index is -0.136. The number of carbonyl (C=O) groups excluding carboxylic acids is 1. The van der Waals surface area contributed by atoms with Gasteiger partial charge in [0.2, 0.25) is 5.91 Å². The van der Waals surface area contributed by atoms with Crippen LogP contribution in [-0.4, -0.2) is 25.7 Å². The summed E-state index contributed by atoms with van der Waals surface area (Å²) < 4.78 is 2.18. The van der Waals surface area contributed by atoms with Crippen molar-refractivity contribution in [3.8, 4) is 11.5 Å². The maximum Gasteiger partial charge on any atom is 0.222 e. The molecule has 0 aromatic carbocycles. The van der Waals surface area contributed by atoms with E-state index in [9.17, 15) is 4.79 Å². The van der Waals surface area contributed by atoms with Gasteiger partial charge in [0.25, 0.3) is 0 Å². The molecular weight excluding hydrogens is 266 g/mol. The zero-order chi connectivity index (χ0) is 15.0. The molecule has 6 nitrogen and oxygen atoms in total. The molecule has 0 saturated carbocycles. The molecule has 3 rings (SSSR count). The summed E-state index contributed by atoms with van der Waals surface area (Å²) in [5.41, 5.74) is 0.716. The molecule has 0 saturated heterocycles. The maximum absolute atomic E-state index is 11.2. The molecule has 1 N–H and O–H groups in total. The Kier molecular flexibility index (Phi) is 3.23. The van der Waals surface area contributed by atoms with Gasteiger partial charge >= 0.3 is 0 Å². The van der Waals surface area contributed by atoms with Gasteiger partial charge in [-0.2, -0.15) is 0 Å². The lowest BCUT2D eigenvalue weighted by Gasteiger charge is -2.33. The molecule has 0 fully saturated rings. The quantitative estimate of drug-likeness (QED) is 0.919. The van der Waals surface area contributed by atoms with Gasteiger partial charge in [0.05, 0.1) is 0 Å². The summed E-state index contributed by atoms with van der Waals surface area (Å²) in [4.78, 5) is 15.6. The Morgan fingerprint density at radius 3 is 2.90 bits per heavy atom. The van der Waals surface area contributed by atoms with Gasteiger partial charge in [-0.1, -0.05) is 6.07 Å². The zero-order valence-electron chi connectivity index (χ0n) is 12.6. The molecule has 1 amide bonds. The first-order valence-corrected chi connectivity index (χ1v) is 7.17. The van der Waals surface area contributed by atoms with Crippen molar-refractivity contribution in [2.45, 2.75) is 45.6 Å². The second-order valence-corrected chi connectivity index (χ2v) is 6.03. The monoisotopic (exact) mass is 285 g/mol. The second-order valence-electron chi connectivity index (χ2n) is 6.03. The predicted molar refractivity (Wildman–Crippen MR) is 79.8 cm³/mol. The molecule has 1 aliphatic rings. The molecule has 110 valence electrons. The number of aromatic nitrogens is 4. The van der Waals surface area contributed by atoms with E-state index in [0.717, 1.165) is 36.6 Å². The third-order valence-electron chi connectivity index (χ3n) is 3.81. The number of anilines is 1. The van der Waals surface area contributed by atoms with Crippen LogP contribution in [0.5, 0.6) is 0 Å². The van der Waals surface area contributed by atoms with Gasteiger partial charge in [0.1, 0.15) is 17.3 Å². The summed E-state index contributed by atoms with van der Waals surface area (Å²) in [7, 11) is 0. The average molecular weight is 285 g/mol. The standard InChI is InChI=1S/C15H19N5O/c1-10(21)16-12-7-4-6-11(17-12)14-19-18-13-8-5-9-15(2,3)20(13)14/h4,6-7H,5,8-9H2,1-3H3,(H,16,17,21). The minimum Gasteiger partial charge on any atom is -0.311 e. The highest BCUT2D eigenvalue weighted by Gasteiger charge is 2.31. The first-order valence-electron chi connectivity index (χ1n) is 7.17. The molecule has 0 spiro atoms. The number of aryl methyl sites for hydroxylation is 1. The van der Waals surface area contributed by atoms with Crippen LogP contribution in [0.4, 0.5) is 5.82 Å². The highest BCUT2D eigenvalue weighted by molar-refractivity contribution is 5.87. The molecule has 2 aromatic rings. The first-order chi connectivity index (χ1) is 9.97. The Hall–Kier alpha value is -2.24. The van der Waals surface area contributed by atoms with E-state index in [1.165, 1.54) is 6.92 Å². The number of pyridine rings is 1. The fraction of sp³-hybridized carbons (Fsp3) is 0.467. The van der Waals surface area contributed by atoms with Crippen LogP contribution < -0.4 is 5.32 Å². The van der Waals surface area contributed by atoms with E-state index in [4.69, 9.17) is 0 Å². The first kappa shape index (κ1) is 13.7. The topological polar surface area (TPSA) is 72.7 Å². The van der Waals surface area contributed by atoms with Gasteiger partial charge in [-0.05, 0) is 38.8 Å². The van der Waals surface area contributed by atoms with E-state index in [-0.39, 0.29) is 11.4 Å². The van der Waals surface area contributed by atoms with Crippen LogP contribution in [0.3, 0.4) is 0 Å². The number of nitrogens with one attached hydrogen (secondary N) is 1. The van der Waals surface area contributed by atoms with Crippen LogP contribution >= 0.6 is 0 Å². The van der Waals surface area contributed by atoms with Gasteiger partial charge in [0, 0.05) is 18.9 Å². The van der Waals surface area contributed by atoms with Crippen molar-refractivity contribution in [3.63, 3.8) is 0 Å². The number of rotatable bonds is 2. The molecule has 21 heavy (non-hydrogen) atoms. The Morgan fingerprint density at radius 2 is 2.14 bits per heavy atom. The lowest BCUT2D eigenvalue weighted by atomic mass is 9.92. The average Bonchev–Trinajstić information content (AvgIpc) is 2.83. The molecule has 0 bridgehead atoms. The Bertz CT molecular complexity index is 689. The summed E-state index contributed by atoms with van der Waals surface area (Å²) in [5.74, 6) is 2.17. The predicted octanol–water partition coefficient (Wildman–Crippen LogP) is 2.37. The van der Waals surface area contributed by atoms with Gasteiger partial charge in [-0.3, -0.25) is 4.79 Å². The van der Waals surface area contributed by atoms with Gasteiger partial charge in [-0.25, -0.2) is 4.98 Å². The lowest BCUT2D eigenvalue weighted by Crippen LogP contribution is -2.32. The van der Waals surface area contributed by atoms with Crippen LogP contribution in [0.25, 0.3) is 11.5 Å². The molecule has 6 heteroatoms. The van der Waals surface area contributed by atoms with Crippen LogP contribution in [0, 0.1) is 0 Å². The summed E-state index contributed by atoms with van der Waals surface area (Å²) in [6, 6.07) is 5.53. The lowest BCUT2D eigenvalue weighted by molar-refractivity contribution is -0.114. The van der Waals surface area contributed by atoms with Gasteiger partial charge < -0.3 is 9.88 Å². The molecule has 1 aliphatic heterocycles. The fourth-order valence-electron chi connectivity index (χ4n) is 2.88.